The van der Waals surface area contributed by atoms with E-state index in [4.69, 9.17) is 0 Å². The molecule has 0 radical (unpaired) electrons. The topological polar surface area (TPSA) is 29.1 Å². The highest BCUT2D eigenvalue weighted by Gasteiger charge is 2.52. The number of hydrogen-bond acceptors (Lipinski definition) is 2. The first-order chi connectivity index (χ1) is 10.7. The van der Waals surface area contributed by atoms with E-state index in [0.717, 1.165) is 24.2 Å². The largest absolute Gasteiger partial charge is 0.350 e. The van der Waals surface area contributed by atoms with Crippen LogP contribution in [0.1, 0.15) is 44.1 Å². The van der Waals surface area contributed by atoms with Crippen LogP contribution in [0.5, 0.6) is 0 Å². The van der Waals surface area contributed by atoms with Gasteiger partial charge in [-0.25, -0.2) is 0 Å². The second-order valence-corrected chi connectivity index (χ2v) is 9.35. The van der Waals surface area contributed by atoms with Crippen LogP contribution >= 0.6 is 11.8 Å². The number of carbonyl (C=O) groups excluding carboxylic acids is 1. The van der Waals surface area contributed by atoms with Crippen molar-refractivity contribution in [2.24, 2.45) is 17.8 Å². The highest BCUT2D eigenvalue weighted by molar-refractivity contribution is 8.01. The molecule has 22 heavy (non-hydrogen) atoms. The fourth-order valence-corrected chi connectivity index (χ4v) is 7.13. The van der Waals surface area contributed by atoms with E-state index in [0.29, 0.717) is 5.91 Å². The van der Waals surface area contributed by atoms with Crippen LogP contribution in [0.4, 0.5) is 0 Å². The zero-order valence-corrected chi connectivity index (χ0v) is 13.7. The lowest BCUT2D eigenvalue weighted by molar-refractivity contribution is -0.126. The van der Waals surface area contributed by atoms with Crippen molar-refractivity contribution >= 4 is 17.7 Å². The lowest BCUT2D eigenvalue weighted by atomic mass is 9.53. The van der Waals surface area contributed by atoms with Crippen LogP contribution in [0.2, 0.25) is 0 Å². The number of nitrogens with one attached hydrogen (secondary N) is 1. The number of amides is 1. The Bertz CT molecular complexity index is 565. The van der Waals surface area contributed by atoms with E-state index in [-0.39, 0.29) is 10.8 Å². The van der Waals surface area contributed by atoms with E-state index in [1.807, 2.05) is 0 Å². The van der Waals surface area contributed by atoms with Gasteiger partial charge in [0.15, 0.2) is 0 Å². The Hall–Kier alpha value is -0.960. The summed E-state index contributed by atoms with van der Waals surface area (Å²) >= 11 is 1.76. The molecule has 4 fully saturated rings. The van der Waals surface area contributed by atoms with Gasteiger partial charge in [-0.05, 0) is 74.3 Å². The van der Waals surface area contributed by atoms with Gasteiger partial charge in [-0.2, -0.15) is 0 Å². The van der Waals surface area contributed by atoms with Gasteiger partial charge in [0.1, 0.15) is 0 Å². The molecule has 6 rings (SSSR count). The van der Waals surface area contributed by atoms with E-state index in [2.05, 4.69) is 29.6 Å². The molecular formula is C19H23NOS. The molecule has 1 aliphatic heterocycles. The Kier molecular flexibility index (Phi) is 2.92. The fourth-order valence-electron chi connectivity index (χ4n) is 5.93. The Morgan fingerprint density at radius 3 is 2.32 bits per heavy atom. The van der Waals surface area contributed by atoms with Gasteiger partial charge in [0.25, 0.3) is 0 Å². The zero-order chi connectivity index (χ0) is 14.7. The molecule has 1 heterocycles. The quantitative estimate of drug-likeness (QED) is 0.900. The molecule has 0 spiro atoms. The van der Waals surface area contributed by atoms with Crippen LogP contribution in [0.25, 0.3) is 0 Å². The van der Waals surface area contributed by atoms with Crippen molar-refractivity contribution in [1.29, 1.82) is 0 Å². The van der Waals surface area contributed by atoms with Gasteiger partial charge < -0.3 is 5.32 Å². The maximum atomic E-state index is 12.9. The Labute approximate surface area is 136 Å². The molecule has 1 atom stereocenters. The molecule has 116 valence electrons. The van der Waals surface area contributed by atoms with Gasteiger partial charge in [-0.15, -0.1) is 11.8 Å². The van der Waals surface area contributed by atoms with E-state index in [1.54, 1.807) is 11.8 Å². The van der Waals surface area contributed by atoms with Gasteiger partial charge in [0.05, 0.1) is 5.25 Å². The van der Waals surface area contributed by atoms with Crippen molar-refractivity contribution in [2.45, 2.75) is 60.6 Å². The lowest BCUT2D eigenvalue weighted by Crippen LogP contribution is -2.61. The minimum Gasteiger partial charge on any atom is -0.350 e. The summed E-state index contributed by atoms with van der Waals surface area (Å²) in [6, 6.07) is 8.47. The molecule has 1 N–H and O–H groups in total. The van der Waals surface area contributed by atoms with Gasteiger partial charge in [-0.1, -0.05) is 18.2 Å². The maximum Gasteiger partial charge on any atom is 0.234 e. The number of fused-ring (bicyclic) bond motifs is 1. The highest BCUT2D eigenvalue weighted by Crippen LogP contribution is 2.55. The number of benzene rings is 1. The summed E-state index contributed by atoms with van der Waals surface area (Å²) in [5.74, 6) is 2.96. The Morgan fingerprint density at radius 2 is 1.68 bits per heavy atom. The molecule has 1 amide bonds. The van der Waals surface area contributed by atoms with Crippen LogP contribution in [0, 0.1) is 17.8 Å². The predicted octanol–water partition coefficient (Wildman–Crippen LogP) is 3.79. The van der Waals surface area contributed by atoms with Crippen LogP contribution in [0.3, 0.4) is 0 Å². The van der Waals surface area contributed by atoms with Crippen molar-refractivity contribution in [3.8, 4) is 0 Å². The minimum atomic E-state index is 0.0883. The average molecular weight is 313 g/mol. The van der Waals surface area contributed by atoms with Crippen molar-refractivity contribution in [3.63, 3.8) is 0 Å². The molecule has 5 aliphatic rings. The van der Waals surface area contributed by atoms with Crippen molar-refractivity contribution in [1.82, 2.24) is 5.32 Å². The summed E-state index contributed by atoms with van der Waals surface area (Å²) in [7, 11) is 0. The van der Waals surface area contributed by atoms with Crippen LogP contribution in [-0.4, -0.2) is 16.7 Å². The SMILES string of the molecule is O=C(NC12CC3CC(CC(C3)C1)C2)[C@@H]1Cc2ccccc2S1. The number of rotatable bonds is 2. The smallest absolute Gasteiger partial charge is 0.234 e. The molecule has 4 bridgehead atoms. The monoisotopic (exact) mass is 313 g/mol. The van der Waals surface area contributed by atoms with Crippen molar-refractivity contribution in [3.05, 3.63) is 29.8 Å². The van der Waals surface area contributed by atoms with Crippen LogP contribution in [-0.2, 0) is 11.2 Å². The summed E-state index contributed by atoms with van der Waals surface area (Å²) in [5.41, 5.74) is 1.50. The molecular weight excluding hydrogens is 290 g/mol. The van der Waals surface area contributed by atoms with Crippen molar-refractivity contribution in [2.75, 3.05) is 0 Å². The molecule has 4 saturated carbocycles. The molecule has 0 saturated heterocycles. The normalized spacial score (nSPS) is 41.5. The number of hydrogen-bond donors (Lipinski definition) is 1. The number of thioether (sulfide) groups is 1. The van der Waals surface area contributed by atoms with Gasteiger partial charge in [0, 0.05) is 10.4 Å². The summed E-state index contributed by atoms with van der Waals surface area (Å²) in [4.78, 5) is 14.2. The fraction of sp³-hybridized carbons (Fsp3) is 0.632. The van der Waals surface area contributed by atoms with Gasteiger partial charge in [-0.3, -0.25) is 4.79 Å². The molecule has 2 nitrogen and oxygen atoms in total. The molecule has 3 heteroatoms. The van der Waals surface area contributed by atoms with Crippen LogP contribution in [0.15, 0.2) is 29.2 Å². The summed E-state index contributed by atoms with van der Waals surface area (Å²) in [6.45, 7) is 0. The predicted molar refractivity (Wildman–Crippen MR) is 88.8 cm³/mol. The molecule has 4 aliphatic carbocycles. The third-order valence-corrected chi connectivity index (χ3v) is 7.68. The first-order valence-corrected chi connectivity index (χ1v) is 9.64. The second-order valence-electron chi connectivity index (χ2n) is 8.11. The molecule has 1 aromatic carbocycles. The third-order valence-electron chi connectivity index (χ3n) is 6.37. The Morgan fingerprint density at radius 1 is 1.05 bits per heavy atom. The van der Waals surface area contributed by atoms with E-state index in [1.165, 1.54) is 49.0 Å². The van der Waals surface area contributed by atoms with E-state index < -0.39 is 0 Å². The van der Waals surface area contributed by atoms with Gasteiger partial charge >= 0.3 is 0 Å². The zero-order valence-electron chi connectivity index (χ0n) is 12.9. The van der Waals surface area contributed by atoms with Gasteiger partial charge in [0.2, 0.25) is 5.91 Å². The average Bonchev–Trinajstić information content (AvgIpc) is 2.89. The van der Waals surface area contributed by atoms with Crippen LogP contribution < -0.4 is 5.32 Å². The number of carbonyl (C=O) groups is 1. The summed E-state index contributed by atoms with van der Waals surface area (Å²) in [5, 5.41) is 3.63. The highest BCUT2D eigenvalue weighted by atomic mass is 32.2. The van der Waals surface area contributed by atoms with E-state index in [9.17, 15) is 4.79 Å². The maximum absolute atomic E-state index is 12.9. The first kappa shape index (κ1) is 13.5. The minimum absolute atomic E-state index is 0.0883. The lowest BCUT2D eigenvalue weighted by Gasteiger charge is -2.57. The van der Waals surface area contributed by atoms with E-state index >= 15 is 0 Å². The third kappa shape index (κ3) is 2.12. The molecule has 0 aromatic heterocycles. The second kappa shape index (κ2) is 4.77. The summed E-state index contributed by atoms with van der Waals surface area (Å²) < 4.78 is 0. The molecule has 1 aromatic rings. The standard InChI is InChI=1S/C19H23NOS/c21-18(17-8-15-3-1-2-4-16(15)22-17)20-19-9-12-5-13(10-19)7-14(6-12)11-19/h1-4,12-14,17H,5-11H2,(H,20,21)/t12?,13?,14?,17-,19?/m0/s1. The van der Waals surface area contributed by atoms with Crippen molar-refractivity contribution < 1.29 is 4.79 Å². The first-order valence-electron chi connectivity index (χ1n) is 8.76. The summed E-state index contributed by atoms with van der Waals surface area (Å²) in [6.07, 6.45) is 8.93. The Balaban J connectivity index is 1.32. The molecule has 0 unspecified atom stereocenters.